The van der Waals surface area contributed by atoms with Crippen LogP contribution < -0.4 is 21.1 Å². The number of halogens is 4. The zero-order chi connectivity index (χ0) is 18.3. The molecule has 1 rings (SSSR count). The molecular formula is C15H21ClF3N3O3. The molecule has 1 atom stereocenters. The van der Waals surface area contributed by atoms with Crippen LogP contribution in [-0.2, 0) is 16.1 Å². The SMILES string of the molecule is CC(C)[C@H](N)C(=O)NCC(=O)NCc1ccccc1OC(F)(F)F.Cl. The molecule has 0 saturated heterocycles. The third-order valence-electron chi connectivity index (χ3n) is 3.12. The third kappa shape index (κ3) is 8.59. The van der Waals surface area contributed by atoms with Gasteiger partial charge in [0.05, 0.1) is 12.6 Å². The third-order valence-corrected chi connectivity index (χ3v) is 3.12. The fraction of sp³-hybridized carbons (Fsp3) is 0.467. The molecule has 25 heavy (non-hydrogen) atoms. The van der Waals surface area contributed by atoms with Crippen molar-refractivity contribution >= 4 is 24.2 Å². The van der Waals surface area contributed by atoms with Crippen molar-refractivity contribution < 1.29 is 27.5 Å². The first-order valence-electron chi connectivity index (χ1n) is 7.24. The quantitative estimate of drug-likeness (QED) is 0.668. The smallest absolute Gasteiger partial charge is 0.405 e. The van der Waals surface area contributed by atoms with E-state index < -0.39 is 30.0 Å². The summed E-state index contributed by atoms with van der Waals surface area (Å²) in [4.78, 5) is 23.3. The van der Waals surface area contributed by atoms with Gasteiger partial charge >= 0.3 is 6.36 Å². The van der Waals surface area contributed by atoms with Gasteiger partial charge in [0.2, 0.25) is 11.8 Å². The Bertz CT molecular complexity index is 583. The van der Waals surface area contributed by atoms with Gasteiger partial charge in [-0.15, -0.1) is 25.6 Å². The van der Waals surface area contributed by atoms with Crippen molar-refractivity contribution in [3.05, 3.63) is 29.8 Å². The van der Waals surface area contributed by atoms with E-state index in [1.54, 1.807) is 13.8 Å². The Morgan fingerprint density at radius 3 is 2.36 bits per heavy atom. The van der Waals surface area contributed by atoms with E-state index in [-0.39, 0.29) is 37.0 Å². The first-order chi connectivity index (χ1) is 11.1. The second-order valence-corrected chi connectivity index (χ2v) is 5.42. The van der Waals surface area contributed by atoms with Crippen LogP contribution in [0.4, 0.5) is 13.2 Å². The normalized spacial score (nSPS) is 12.1. The fourth-order valence-corrected chi connectivity index (χ4v) is 1.72. The Balaban J connectivity index is 0.00000576. The topological polar surface area (TPSA) is 93.5 Å². The number of carbonyl (C=O) groups excluding carboxylic acids is 2. The number of para-hydroxylation sites is 1. The summed E-state index contributed by atoms with van der Waals surface area (Å²) < 4.78 is 40.8. The molecular weight excluding hydrogens is 363 g/mol. The highest BCUT2D eigenvalue weighted by molar-refractivity contribution is 5.87. The fourth-order valence-electron chi connectivity index (χ4n) is 1.72. The minimum Gasteiger partial charge on any atom is -0.405 e. The number of ether oxygens (including phenoxy) is 1. The van der Waals surface area contributed by atoms with E-state index in [9.17, 15) is 22.8 Å². The molecule has 142 valence electrons. The number of rotatable bonds is 7. The van der Waals surface area contributed by atoms with Crippen LogP contribution in [0.2, 0.25) is 0 Å². The summed E-state index contributed by atoms with van der Waals surface area (Å²) in [5.74, 6) is -1.50. The maximum atomic E-state index is 12.3. The highest BCUT2D eigenvalue weighted by atomic mass is 35.5. The van der Waals surface area contributed by atoms with Crippen LogP contribution >= 0.6 is 12.4 Å². The van der Waals surface area contributed by atoms with E-state index in [2.05, 4.69) is 15.4 Å². The maximum Gasteiger partial charge on any atom is 0.573 e. The summed E-state index contributed by atoms with van der Waals surface area (Å²) in [5.41, 5.74) is 5.78. The van der Waals surface area contributed by atoms with E-state index >= 15 is 0 Å². The molecule has 0 unspecified atom stereocenters. The molecule has 1 aromatic rings. The van der Waals surface area contributed by atoms with Crippen LogP contribution in [0.15, 0.2) is 24.3 Å². The zero-order valence-corrected chi connectivity index (χ0v) is 14.5. The molecule has 4 N–H and O–H groups in total. The Kier molecular flexibility index (Phi) is 9.29. The monoisotopic (exact) mass is 383 g/mol. The number of hydrogen-bond donors (Lipinski definition) is 3. The van der Waals surface area contributed by atoms with Gasteiger partial charge in [-0.3, -0.25) is 9.59 Å². The first-order valence-corrected chi connectivity index (χ1v) is 7.24. The number of amides is 2. The first kappa shape index (κ1) is 23.0. The molecule has 0 fully saturated rings. The number of nitrogens with one attached hydrogen (secondary N) is 2. The van der Waals surface area contributed by atoms with Gasteiger partial charge in [0.1, 0.15) is 5.75 Å². The Morgan fingerprint density at radius 2 is 1.80 bits per heavy atom. The number of nitrogens with two attached hydrogens (primary N) is 1. The van der Waals surface area contributed by atoms with Crippen molar-refractivity contribution in [3.63, 3.8) is 0 Å². The number of benzene rings is 1. The predicted octanol–water partition coefficient (Wildman–Crippen LogP) is 1.72. The van der Waals surface area contributed by atoms with Crippen molar-refractivity contribution in [1.29, 1.82) is 0 Å². The van der Waals surface area contributed by atoms with Crippen molar-refractivity contribution in [2.45, 2.75) is 32.8 Å². The zero-order valence-electron chi connectivity index (χ0n) is 13.7. The standard InChI is InChI=1S/C15H20F3N3O3.ClH/c1-9(2)13(19)14(23)21-8-12(22)20-7-10-5-3-4-6-11(10)24-15(16,17)18;/h3-6,9,13H,7-8,19H2,1-2H3,(H,20,22)(H,21,23);1H/t13-;/m0./s1. The molecule has 1 aromatic carbocycles. The molecule has 10 heteroatoms. The lowest BCUT2D eigenvalue weighted by Gasteiger charge is -2.16. The molecule has 0 bridgehead atoms. The van der Waals surface area contributed by atoms with Crippen molar-refractivity contribution in [2.24, 2.45) is 11.7 Å². The average molecular weight is 384 g/mol. The van der Waals surface area contributed by atoms with Gasteiger partial charge in [0.25, 0.3) is 0 Å². The molecule has 0 saturated carbocycles. The molecule has 0 spiro atoms. The highest BCUT2D eigenvalue weighted by Gasteiger charge is 2.32. The second-order valence-electron chi connectivity index (χ2n) is 5.42. The van der Waals surface area contributed by atoms with Crippen molar-refractivity contribution in [3.8, 4) is 5.75 Å². The molecule has 2 amide bonds. The summed E-state index contributed by atoms with van der Waals surface area (Å²) in [7, 11) is 0. The second kappa shape index (κ2) is 10.1. The van der Waals surface area contributed by atoms with Crippen LogP contribution in [0.1, 0.15) is 19.4 Å². The maximum absolute atomic E-state index is 12.3. The highest BCUT2D eigenvalue weighted by Crippen LogP contribution is 2.25. The summed E-state index contributed by atoms with van der Waals surface area (Å²) in [6.45, 7) is 3.04. The average Bonchev–Trinajstić information content (AvgIpc) is 2.49. The Hall–Kier alpha value is -2.00. The van der Waals surface area contributed by atoms with E-state index in [0.29, 0.717) is 0 Å². The molecule has 0 aliphatic rings. The van der Waals surface area contributed by atoms with E-state index in [1.165, 1.54) is 18.2 Å². The van der Waals surface area contributed by atoms with E-state index in [0.717, 1.165) is 6.07 Å². The van der Waals surface area contributed by atoms with Crippen LogP contribution in [0.5, 0.6) is 5.75 Å². The number of alkyl halides is 3. The van der Waals surface area contributed by atoms with Crippen LogP contribution in [0.25, 0.3) is 0 Å². The lowest BCUT2D eigenvalue weighted by atomic mass is 10.1. The minimum atomic E-state index is -4.82. The number of hydrogen-bond acceptors (Lipinski definition) is 4. The predicted molar refractivity (Wildman–Crippen MR) is 88.0 cm³/mol. The lowest BCUT2D eigenvalue weighted by molar-refractivity contribution is -0.274. The summed E-state index contributed by atoms with van der Waals surface area (Å²) in [5, 5.41) is 4.77. The lowest BCUT2D eigenvalue weighted by Crippen LogP contribution is -2.47. The Labute approximate surface area is 149 Å². The molecule has 0 heterocycles. The summed E-state index contributed by atoms with van der Waals surface area (Å²) in [6.07, 6.45) is -4.82. The minimum absolute atomic E-state index is 0. The van der Waals surface area contributed by atoms with Gasteiger partial charge in [0, 0.05) is 12.1 Å². The van der Waals surface area contributed by atoms with Crippen LogP contribution in [-0.4, -0.2) is 30.8 Å². The van der Waals surface area contributed by atoms with Gasteiger partial charge < -0.3 is 21.1 Å². The summed E-state index contributed by atoms with van der Waals surface area (Å²) in [6, 6.07) is 4.72. The van der Waals surface area contributed by atoms with E-state index in [1.807, 2.05) is 0 Å². The summed E-state index contributed by atoms with van der Waals surface area (Å²) >= 11 is 0. The molecule has 0 aliphatic heterocycles. The van der Waals surface area contributed by atoms with Gasteiger partial charge in [-0.05, 0) is 12.0 Å². The van der Waals surface area contributed by atoms with Crippen LogP contribution in [0.3, 0.4) is 0 Å². The molecule has 0 radical (unpaired) electrons. The Morgan fingerprint density at radius 1 is 1.20 bits per heavy atom. The van der Waals surface area contributed by atoms with E-state index in [4.69, 9.17) is 5.73 Å². The number of carbonyl (C=O) groups is 2. The van der Waals surface area contributed by atoms with Gasteiger partial charge in [-0.1, -0.05) is 32.0 Å². The van der Waals surface area contributed by atoms with Crippen molar-refractivity contribution in [2.75, 3.05) is 6.54 Å². The van der Waals surface area contributed by atoms with Gasteiger partial charge in [-0.25, -0.2) is 0 Å². The molecule has 6 nitrogen and oxygen atoms in total. The van der Waals surface area contributed by atoms with Gasteiger partial charge in [0.15, 0.2) is 0 Å². The molecule has 0 aliphatic carbocycles. The van der Waals surface area contributed by atoms with Crippen LogP contribution in [0, 0.1) is 5.92 Å². The largest absolute Gasteiger partial charge is 0.573 e. The molecule has 0 aromatic heterocycles. The van der Waals surface area contributed by atoms with Gasteiger partial charge in [-0.2, -0.15) is 0 Å². The van der Waals surface area contributed by atoms with Crippen molar-refractivity contribution in [1.82, 2.24) is 10.6 Å².